The molecule has 3 aromatic rings. The van der Waals surface area contributed by atoms with Gasteiger partial charge in [0.05, 0.1) is 39.4 Å². The number of ether oxygens (including phenoxy) is 1. The maximum Gasteiger partial charge on any atom is 0.337 e. The average Bonchev–Trinajstić information content (AvgIpc) is 2.91. The first kappa shape index (κ1) is 14.7. The number of rotatable bonds is 3. The quantitative estimate of drug-likeness (QED) is 0.696. The lowest BCUT2D eigenvalue weighted by Gasteiger charge is -2.06. The van der Waals surface area contributed by atoms with Gasteiger partial charge in [-0.1, -0.05) is 29.3 Å². The van der Waals surface area contributed by atoms with Gasteiger partial charge in [0.1, 0.15) is 0 Å². The molecular formula is C15H11Cl2N3O2. The lowest BCUT2D eigenvalue weighted by Crippen LogP contribution is -2.00. The van der Waals surface area contributed by atoms with E-state index in [0.29, 0.717) is 38.3 Å². The van der Waals surface area contributed by atoms with E-state index in [2.05, 4.69) is 15.3 Å². The van der Waals surface area contributed by atoms with E-state index in [1.807, 2.05) is 0 Å². The number of H-pyrrole nitrogens is 1. The zero-order valence-corrected chi connectivity index (χ0v) is 13.0. The van der Waals surface area contributed by atoms with E-state index >= 15 is 0 Å². The standard InChI is InChI=1S/C15H11Cl2N3O2/c1-22-14(21)8-5-6-11-12(7-8)19-15(18-11)20-13-9(16)3-2-4-10(13)17/h2-7H,1H3,(H2,18,19,20). The number of esters is 1. The summed E-state index contributed by atoms with van der Waals surface area (Å²) in [5, 5.41) is 4.02. The predicted molar refractivity (Wildman–Crippen MR) is 87.2 cm³/mol. The number of para-hydroxylation sites is 1. The molecule has 0 saturated heterocycles. The third kappa shape index (κ3) is 2.73. The van der Waals surface area contributed by atoms with Crippen molar-refractivity contribution in [1.82, 2.24) is 9.97 Å². The number of halogens is 2. The van der Waals surface area contributed by atoms with Crippen molar-refractivity contribution in [1.29, 1.82) is 0 Å². The highest BCUT2D eigenvalue weighted by molar-refractivity contribution is 6.39. The Hall–Kier alpha value is -2.24. The number of fused-ring (bicyclic) bond motifs is 1. The van der Waals surface area contributed by atoms with Crippen molar-refractivity contribution >= 4 is 51.8 Å². The third-order valence-corrected chi connectivity index (χ3v) is 3.74. The molecule has 1 aromatic heterocycles. The zero-order valence-electron chi connectivity index (χ0n) is 11.5. The van der Waals surface area contributed by atoms with Crippen LogP contribution in [0.3, 0.4) is 0 Å². The zero-order chi connectivity index (χ0) is 15.7. The van der Waals surface area contributed by atoms with Crippen LogP contribution in [0.15, 0.2) is 36.4 Å². The fourth-order valence-corrected chi connectivity index (χ4v) is 2.54. The van der Waals surface area contributed by atoms with Gasteiger partial charge in [-0.3, -0.25) is 0 Å². The normalized spacial score (nSPS) is 10.7. The molecule has 2 N–H and O–H groups in total. The van der Waals surface area contributed by atoms with Crippen LogP contribution >= 0.6 is 23.2 Å². The number of imidazole rings is 1. The van der Waals surface area contributed by atoms with Crippen LogP contribution in [0.2, 0.25) is 10.0 Å². The van der Waals surface area contributed by atoms with E-state index in [9.17, 15) is 4.79 Å². The second-order valence-electron chi connectivity index (χ2n) is 4.53. The summed E-state index contributed by atoms with van der Waals surface area (Å²) in [6.07, 6.45) is 0. The van der Waals surface area contributed by atoms with E-state index in [4.69, 9.17) is 27.9 Å². The van der Waals surface area contributed by atoms with E-state index in [1.54, 1.807) is 36.4 Å². The van der Waals surface area contributed by atoms with Gasteiger partial charge in [-0.25, -0.2) is 9.78 Å². The minimum absolute atomic E-state index is 0.403. The fraction of sp³-hybridized carbons (Fsp3) is 0.0667. The summed E-state index contributed by atoms with van der Waals surface area (Å²) >= 11 is 12.2. The topological polar surface area (TPSA) is 67.0 Å². The molecule has 2 aromatic carbocycles. The van der Waals surface area contributed by atoms with Gasteiger partial charge >= 0.3 is 5.97 Å². The molecule has 0 fully saturated rings. The van der Waals surface area contributed by atoms with Crippen LogP contribution in [0, 0.1) is 0 Å². The summed E-state index contributed by atoms with van der Waals surface area (Å²) in [6, 6.07) is 10.3. The smallest absolute Gasteiger partial charge is 0.337 e. The van der Waals surface area contributed by atoms with Gasteiger partial charge in [0.25, 0.3) is 0 Å². The first-order chi connectivity index (χ1) is 10.6. The summed E-state index contributed by atoms with van der Waals surface area (Å²) in [5.74, 6) is 0.0761. The second kappa shape index (κ2) is 5.87. The minimum Gasteiger partial charge on any atom is -0.465 e. The Balaban J connectivity index is 1.97. The fourth-order valence-electron chi connectivity index (χ4n) is 2.05. The number of carbonyl (C=O) groups is 1. The SMILES string of the molecule is COC(=O)c1ccc2nc(Nc3c(Cl)cccc3Cl)[nH]c2c1. The number of hydrogen-bond acceptors (Lipinski definition) is 4. The number of carbonyl (C=O) groups excluding carboxylic acids is 1. The van der Waals surface area contributed by atoms with Crippen molar-refractivity contribution in [3.05, 3.63) is 52.0 Å². The number of aromatic nitrogens is 2. The van der Waals surface area contributed by atoms with E-state index in [-0.39, 0.29) is 0 Å². The van der Waals surface area contributed by atoms with Gasteiger partial charge in [-0.05, 0) is 30.3 Å². The number of aromatic amines is 1. The molecule has 0 aliphatic heterocycles. The molecule has 5 nitrogen and oxygen atoms in total. The highest BCUT2D eigenvalue weighted by atomic mass is 35.5. The molecule has 0 bridgehead atoms. The lowest BCUT2D eigenvalue weighted by atomic mass is 10.2. The molecule has 0 amide bonds. The molecule has 0 atom stereocenters. The molecular weight excluding hydrogens is 325 g/mol. The van der Waals surface area contributed by atoms with Crippen molar-refractivity contribution in [2.24, 2.45) is 0 Å². The maximum atomic E-state index is 11.5. The Bertz CT molecular complexity index is 841. The Morgan fingerprint density at radius 3 is 2.64 bits per heavy atom. The van der Waals surface area contributed by atoms with Crippen LogP contribution in [0.5, 0.6) is 0 Å². The molecule has 0 aliphatic carbocycles. The van der Waals surface area contributed by atoms with Crippen molar-refractivity contribution in [2.45, 2.75) is 0 Å². The Morgan fingerprint density at radius 2 is 1.95 bits per heavy atom. The number of benzene rings is 2. The predicted octanol–water partition coefficient (Wildman–Crippen LogP) is 4.40. The van der Waals surface area contributed by atoms with Gasteiger partial charge in [0.15, 0.2) is 0 Å². The molecule has 1 heterocycles. The summed E-state index contributed by atoms with van der Waals surface area (Å²) in [6.45, 7) is 0. The molecule has 7 heteroatoms. The number of nitrogens with one attached hydrogen (secondary N) is 2. The Labute approximate surface area is 136 Å². The molecule has 112 valence electrons. The summed E-state index contributed by atoms with van der Waals surface area (Å²) in [4.78, 5) is 19.0. The van der Waals surface area contributed by atoms with Gasteiger partial charge in [0.2, 0.25) is 5.95 Å². The highest BCUT2D eigenvalue weighted by Crippen LogP contribution is 2.32. The lowest BCUT2D eigenvalue weighted by molar-refractivity contribution is 0.0601. The van der Waals surface area contributed by atoms with Crippen LogP contribution < -0.4 is 5.32 Å². The van der Waals surface area contributed by atoms with Crippen LogP contribution in [0.4, 0.5) is 11.6 Å². The first-order valence-corrected chi connectivity index (χ1v) is 7.13. The highest BCUT2D eigenvalue weighted by Gasteiger charge is 2.11. The van der Waals surface area contributed by atoms with Crippen LogP contribution in [-0.4, -0.2) is 23.0 Å². The number of hydrogen-bond donors (Lipinski definition) is 2. The van der Waals surface area contributed by atoms with Crippen molar-refractivity contribution < 1.29 is 9.53 Å². The van der Waals surface area contributed by atoms with E-state index < -0.39 is 5.97 Å². The average molecular weight is 336 g/mol. The minimum atomic E-state index is -0.403. The number of nitrogens with zero attached hydrogens (tertiary/aromatic N) is 1. The molecule has 22 heavy (non-hydrogen) atoms. The molecule has 0 unspecified atom stereocenters. The second-order valence-corrected chi connectivity index (χ2v) is 5.34. The van der Waals surface area contributed by atoms with Crippen LogP contribution in [0.1, 0.15) is 10.4 Å². The Morgan fingerprint density at radius 1 is 1.23 bits per heavy atom. The third-order valence-electron chi connectivity index (χ3n) is 3.11. The molecule has 0 spiro atoms. The summed E-state index contributed by atoms with van der Waals surface area (Å²) < 4.78 is 4.70. The first-order valence-electron chi connectivity index (χ1n) is 6.37. The van der Waals surface area contributed by atoms with E-state index in [0.717, 1.165) is 0 Å². The molecule has 0 radical (unpaired) electrons. The molecule has 3 rings (SSSR count). The van der Waals surface area contributed by atoms with Gasteiger partial charge in [-0.2, -0.15) is 0 Å². The largest absolute Gasteiger partial charge is 0.465 e. The molecule has 0 saturated carbocycles. The maximum absolute atomic E-state index is 11.5. The molecule has 0 aliphatic rings. The van der Waals surface area contributed by atoms with Crippen molar-refractivity contribution in [2.75, 3.05) is 12.4 Å². The van der Waals surface area contributed by atoms with Crippen molar-refractivity contribution in [3.63, 3.8) is 0 Å². The van der Waals surface area contributed by atoms with E-state index in [1.165, 1.54) is 7.11 Å². The van der Waals surface area contributed by atoms with Crippen LogP contribution in [0.25, 0.3) is 11.0 Å². The Kier molecular flexibility index (Phi) is 3.92. The summed E-state index contributed by atoms with van der Waals surface area (Å²) in [7, 11) is 1.34. The van der Waals surface area contributed by atoms with Gasteiger partial charge in [0, 0.05) is 0 Å². The van der Waals surface area contributed by atoms with Gasteiger partial charge in [-0.15, -0.1) is 0 Å². The van der Waals surface area contributed by atoms with Gasteiger partial charge < -0.3 is 15.0 Å². The number of methoxy groups -OCH3 is 1. The number of anilines is 2. The van der Waals surface area contributed by atoms with Crippen molar-refractivity contribution in [3.8, 4) is 0 Å². The summed E-state index contributed by atoms with van der Waals surface area (Å²) in [5.41, 5.74) is 2.42. The monoisotopic (exact) mass is 335 g/mol. The van der Waals surface area contributed by atoms with Crippen LogP contribution in [-0.2, 0) is 4.74 Å².